The maximum Gasteiger partial charge on any atom is 0.300 e. The monoisotopic (exact) mass is 367 g/mol. The Morgan fingerprint density at radius 1 is 0.846 bits per heavy atom. The van der Waals surface area contributed by atoms with Crippen LogP contribution in [0.2, 0.25) is 0 Å². The van der Waals surface area contributed by atoms with Crippen molar-refractivity contribution in [1.82, 2.24) is 9.97 Å². The van der Waals surface area contributed by atoms with Gasteiger partial charge in [0.25, 0.3) is 11.4 Å². The van der Waals surface area contributed by atoms with Gasteiger partial charge < -0.3 is 4.90 Å². The van der Waals surface area contributed by atoms with Gasteiger partial charge in [-0.2, -0.15) is 0 Å². The van der Waals surface area contributed by atoms with Crippen molar-refractivity contribution in [1.29, 1.82) is 0 Å². The summed E-state index contributed by atoms with van der Waals surface area (Å²) in [6.07, 6.45) is 6.50. The molecule has 3 aromatic rings. The lowest BCUT2D eigenvalue weighted by molar-refractivity contribution is -0.393. The van der Waals surface area contributed by atoms with E-state index in [0.29, 0.717) is 11.4 Å². The molecule has 0 N–H and O–H groups in total. The van der Waals surface area contributed by atoms with Gasteiger partial charge >= 0.3 is 0 Å². The molecular formula is C16H9N5O4S. The third-order valence-electron chi connectivity index (χ3n) is 3.83. The van der Waals surface area contributed by atoms with E-state index in [2.05, 4.69) is 9.97 Å². The van der Waals surface area contributed by atoms with Crippen LogP contribution in [0.25, 0.3) is 0 Å². The lowest BCUT2D eigenvalue weighted by atomic mass is 10.1. The summed E-state index contributed by atoms with van der Waals surface area (Å²) in [6.45, 7) is 0. The number of nitro benzene ring substituents is 2. The molecule has 1 aliphatic rings. The number of non-ortho nitro benzene ring substituents is 1. The lowest BCUT2D eigenvalue weighted by Crippen LogP contribution is -2.16. The molecule has 10 heteroatoms. The van der Waals surface area contributed by atoms with E-state index in [-0.39, 0.29) is 17.1 Å². The van der Waals surface area contributed by atoms with Crippen molar-refractivity contribution in [2.24, 2.45) is 0 Å². The number of nitro groups is 2. The number of anilines is 3. The van der Waals surface area contributed by atoms with E-state index in [9.17, 15) is 20.2 Å². The number of rotatable bonds is 3. The summed E-state index contributed by atoms with van der Waals surface area (Å²) in [5.41, 5.74) is 0.884. The summed E-state index contributed by atoms with van der Waals surface area (Å²) >= 11 is 1.48. The van der Waals surface area contributed by atoms with E-state index in [1.807, 2.05) is 0 Å². The van der Waals surface area contributed by atoms with E-state index < -0.39 is 9.85 Å². The van der Waals surface area contributed by atoms with Crippen LogP contribution in [-0.2, 0) is 0 Å². The molecule has 0 fully saturated rings. The summed E-state index contributed by atoms with van der Waals surface area (Å²) in [4.78, 5) is 32.9. The molecule has 0 spiro atoms. The van der Waals surface area contributed by atoms with Gasteiger partial charge in [0, 0.05) is 29.6 Å². The van der Waals surface area contributed by atoms with Crippen LogP contribution in [0.15, 0.2) is 64.9 Å². The molecule has 9 nitrogen and oxygen atoms in total. The second kappa shape index (κ2) is 6.08. The SMILES string of the molecule is O=[N+]([O-])c1ccc(N2c3ccncc3Sc3ccncc32)c([N+](=O)[O-])c1. The van der Waals surface area contributed by atoms with E-state index in [1.165, 1.54) is 23.9 Å². The normalized spacial score (nSPS) is 12.2. The van der Waals surface area contributed by atoms with Gasteiger partial charge in [0.1, 0.15) is 5.69 Å². The Hall–Kier alpha value is -3.53. The number of benzene rings is 1. The largest absolute Gasteiger partial charge is 0.301 e. The fourth-order valence-electron chi connectivity index (χ4n) is 2.73. The smallest absolute Gasteiger partial charge is 0.300 e. The Morgan fingerprint density at radius 2 is 1.62 bits per heavy atom. The van der Waals surface area contributed by atoms with Crippen LogP contribution in [0.1, 0.15) is 0 Å². The maximum absolute atomic E-state index is 11.6. The van der Waals surface area contributed by atoms with Gasteiger partial charge in [-0.1, -0.05) is 11.8 Å². The molecule has 0 saturated heterocycles. The molecule has 0 amide bonds. The standard InChI is InChI=1S/C16H9N5O4S/c22-20(23)10-1-2-11(13(7-10)21(24)25)19-12-3-5-18-9-16(12)26-15-4-6-17-8-14(15)19/h1-9H. The van der Waals surface area contributed by atoms with Crippen molar-refractivity contribution in [3.63, 3.8) is 0 Å². The van der Waals surface area contributed by atoms with Gasteiger partial charge in [-0.25, -0.2) is 0 Å². The van der Waals surface area contributed by atoms with Crippen molar-refractivity contribution < 1.29 is 9.85 Å². The van der Waals surface area contributed by atoms with Crippen LogP contribution in [0.3, 0.4) is 0 Å². The third-order valence-corrected chi connectivity index (χ3v) is 4.93. The molecule has 0 unspecified atom stereocenters. The summed E-state index contributed by atoms with van der Waals surface area (Å²) in [5.74, 6) is 0. The quantitative estimate of drug-likeness (QED) is 0.390. The van der Waals surface area contributed by atoms with E-state index in [4.69, 9.17) is 0 Å². The van der Waals surface area contributed by atoms with E-state index in [0.717, 1.165) is 15.9 Å². The zero-order valence-electron chi connectivity index (χ0n) is 13.0. The van der Waals surface area contributed by atoms with Gasteiger partial charge in [-0.15, -0.1) is 0 Å². The summed E-state index contributed by atoms with van der Waals surface area (Å²) in [7, 11) is 0. The summed E-state index contributed by atoms with van der Waals surface area (Å²) in [6, 6.07) is 7.14. The van der Waals surface area contributed by atoms with Crippen LogP contribution in [0.4, 0.5) is 28.4 Å². The average molecular weight is 367 g/mol. The molecule has 0 bridgehead atoms. The molecule has 1 aliphatic heterocycles. The predicted octanol–water partition coefficient (Wildman–Crippen LogP) is 4.23. The Bertz CT molecular complexity index is 1010. The molecule has 4 rings (SSSR count). The lowest BCUT2D eigenvalue weighted by Gasteiger charge is -2.31. The first kappa shape index (κ1) is 16.0. The Labute approximate surface area is 150 Å². The first-order valence-corrected chi connectivity index (χ1v) is 8.17. The highest BCUT2D eigenvalue weighted by molar-refractivity contribution is 7.99. The number of hydrogen-bond acceptors (Lipinski definition) is 8. The molecule has 128 valence electrons. The average Bonchev–Trinajstić information content (AvgIpc) is 2.65. The number of hydrogen-bond donors (Lipinski definition) is 0. The van der Waals surface area contributed by atoms with E-state index in [1.54, 1.807) is 41.8 Å². The Morgan fingerprint density at radius 3 is 2.38 bits per heavy atom. The molecule has 0 atom stereocenters. The number of pyridine rings is 2. The highest BCUT2D eigenvalue weighted by atomic mass is 32.2. The zero-order valence-corrected chi connectivity index (χ0v) is 13.8. The Balaban J connectivity index is 1.99. The molecule has 1 aromatic carbocycles. The van der Waals surface area contributed by atoms with Gasteiger partial charge in [0.15, 0.2) is 0 Å². The summed E-state index contributed by atoms with van der Waals surface area (Å²) < 4.78 is 0. The number of fused-ring (bicyclic) bond motifs is 2. The minimum atomic E-state index is -0.657. The zero-order chi connectivity index (χ0) is 18.3. The summed E-state index contributed by atoms with van der Waals surface area (Å²) in [5, 5.41) is 22.6. The van der Waals surface area contributed by atoms with Crippen molar-refractivity contribution in [3.05, 3.63) is 75.3 Å². The van der Waals surface area contributed by atoms with Crippen LogP contribution in [0, 0.1) is 20.2 Å². The van der Waals surface area contributed by atoms with E-state index >= 15 is 0 Å². The third kappa shape index (κ3) is 2.52. The highest BCUT2D eigenvalue weighted by Crippen LogP contribution is 2.52. The maximum atomic E-state index is 11.6. The topological polar surface area (TPSA) is 115 Å². The van der Waals surface area contributed by atoms with Crippen molar-refractivity contribution in [2.75, 3.05) is 4.90 Å². The van der Waals surface area contributed by atoms with Crippen LogP contribution >= 0.6 is 11.8 Å². The van der Waals surface area contributed by atoms with Gasteiger partial charge in [-0.3, -0.25) is 30.2 Å². The molecular weight excluding hydrogens is 358 g/mol. The minimum absolute atomic E-state index is 0.225. The molecule has 0 saturated carbocycles. The molecule has 3 heterocycles. The molecule has 0 aliphatic carbocycles. The van der Waals surface area contributed by atoms with Crippen molar-refractivity contribution in [3.8, 4) is 0 Å². The molecule has 2 aromatic heterocycles. The fourth-order valence-corrected chi connectivity index (χ4v) is 3.72. The number of aromatic nitrogens is 2. The fraction of sp³-hybridized carbons (Fsp3) is 0. The highest BCUT2D eigenvalue weighted by Gasteiger charge is 2.31. The van der Waals surface area contributed by atoms with Gasteiger partial charge in [0.2, 0.25) is 0 Å². The molecule has 26 heavy (non-hydrogen) atoms. The van der Waals surface area contributed by atoms with Gasteiger partial charge in [0.05, 0.1) is 38.4 Å². The van der Waals surface area contributed by atoms with Crippen LogP contribution < -0.4 is 4.90 Å². The number of nitrogens with zero attached hydrogens (tertiary/aromatic N) is 5. The first-order chi connectivity index (χ1) is 12.6. The Kier molecular flexibility index (Phi) is 3.73. The van der Waals surface area contributed by atoms with Crippen LogP contribution in [-0.4, -0.2) is 19.8 Å². The predicted molar refractivity (Wildman–Crippen MR) is 94.1 cm³/mol. The second-order valence-electron chi connectivity index (χ2n) is 5.31. The second-order valence-corrected chi connectivity index (χ2v) is 6.40. The minimum Gasteiger partial charge on any atom is -0.301 e. The molecule has 0 radical (unpaired) electrons. The van der Waals surface area contributed by atoms with Crippen LogP contribution in [0.5, 0.6) is 0 Å². The van der Waals surface area contributed by atoms with Crippen molar-refractivity contribution in [2.45, 2.75) is 9.79 Å². The van der Waals surface area contributed by atoms with Gasteiger partial charge in [-0.05, 0) is 18.2 Å². The van der Waals surface area contributed by atoms with Crippen molar-refractivity contribution >= 4 is 40.2 Å². The first-order valence-electron chi connectivity index (χ1n) is 7.35.